The minimum absolute atomic E-state index is 0.111. The van der Waals surface area contributed by atoms with E-state index in [4.69, 9.17) is 5.84 Å². The third-order valence-electron chi connectivity index (χ3n) is 1.79. The number of rotatable bonds is 5. The van der Waals surface area contributed by atoms with Gasteiger partial charge in [-0.2, -0.15) is 0 Å². The molecule has 0 aromatic carbocycles. The van der Waals surface area contributed by atoms with Crippen molar-refractivity contribution in [2.45, 2.75) is 12.5 Å². The highest BCUT2D eigenvalue weighted by molar-refractivity contribution is 7.90. The normalized spacial score (nSPS) is 14.1. The van der Waals surface area contributed by atoms with E-state index >= 15 is 0 Å². The van der Waals surface area contributed by atoms with E-state index in [2.05, 4.69) is 10.4 Å². The molecule has 0 fully saturated rings. The number of sulfone groups is 1. The summed E-state index contributed by atoms with van der Waals surface area (Å²) in [4.78, 5) is 4.07. The number of hydrogen-bond donors (Lipinski definition) is 2. The highest BCUT2D eigenvalue weighted by Gasteiger charge is 2.14. The van der Waals surface area contributed by atoms with E-state index in [1.54, 1.807) is 5.51 Å². The molecular formula is C7H13N3O2S2. The molecule has 1 aromatic heterocycles. The molecule has 0 bridgehead atoms. The predicted molar refractivity (Wildman–Crippen MR) is 56.5 cm³/mol. The quantitative estimate of drug-likeness (QED) is 0.558. The molecule has 0 aliphatic rings. The molecule has 1 unspecified atom stereocenters. The smallest absolute Gasteiger partial charge is 0.147 e. The van der Waals surface area contributed by atoms with Crippen molar-refractivity contribution in [1.29, 1.82) is 0 Å². The minimum Gasteiger partial charge on any atom is -0.271 e. The van der Waals surface area contributed by atoms with Crippen LogP contribution in [-0.2, 0) is 9.84 Å². The second kappa shape index (κ2) is 4.83. The van der Waals surface area contributed by atoms with Gasteiger partial charge in [0.25, 0.3) is 0 Å². The largest absolute Gasteiger partial charge is 0.271 e. The lowest BCUT2D eigenvalue weighted by molar-refractivity contribution is 0.522. The highest BCUT2D eigenvalue weighted by atomic mass is 32.2. The lowest BCUT2D eigenvalue weighted by Gasteiger charge is -2.12. The van der Waals surface area contributed by atoms with Crippen LogP contribution in [0.15, 0.2) is 10.9 Å². The van der Waals surface area contributed by atoms with Gasteiger partial charge in [0.15, 0.2) is 0 Å². The van der Waals surface area contributed by atoms with Crippen LogP contribution in [0.4, 0.5) is 0 Å². The molecule has 0 saturated carbocycles. The number of hydrogen-bond acceptors (Lipinski definition) is 6. The third-order valence-corrected chi connectivity index (χ3v) is 3.37. The van der Waals surface area contributed by atoms with E-state index in [-0.39, 0.29) is 11.8 Å². The lowest BCUT2D eigenvalue weighted by Crippen LogP contribution is -2.29. The summed E-state index contributed by atoms with van der Waals surface area (Å²) in [6, 6.07) is -0.184. The molecule has 0 aliphatic carbocycles. The molecule has 1 rings (SSSR count). The molecule has 3 N–H and O–H groups in total. The molecule has 0 amide bonds. The number of aromatic nitrogens is 1. The van der Waals surface area contributed by atoms with Gasteiger partial charge in [-0.15, -0.1) is 11.3 Å². The minimum atomic E-state index is -2.94. The molecule has 1 aromatic rings. The van der Waals surface area contributed by atoms with Crippen LogP contribution >= 0.6 is 11.3 Å². The Balaban J connectivity index is 2.57. The summed E-state index contributed by atoms with van der Waals surface area (Å²) >= 11 is 1.46. The number of nitrogens with zero attached hydrogens (tertiary/aromatic N) is 1. The van der Waals surface area contributed by atoms with E-state index < -0.39 is 9.84 Å². The zero-order chi connectivity index (χ0) is 10.6. The lowest BCUT2D eigenvalue weighted by atomic mass is 10.2. The topological polar surface area (TPSA) is 85.1 Å². The Morgan fingerprint density at radius 3 is 2.86 bits per heavy atom. The summed E-state index contributed by atoms with van der Waals surface area (Å²) in [5.74, 6) is 5.42. The second-order valence-corrected chi connectivity index (χ2v) is 6.03. The zero-order valence-corrected chi connectivity index (χ0v) is 9.44. The Morgan fingerprint density at radius 2 is 2.43 bits per heavy atom. The Kier molecular flexibility index (Phi) is 3.99. The Hall–Kier alpha value is -0.500. The van der Waals surface area contributed by atoms with Crippen LogP contribution in [0.1, 0.15) is 18.2 Å². The van der Waals surface area contributed by atoms with Crippen LogP contribution in [0.5, 0.6) is 0 Å². The van der Waals surface area contributed by atoms with Gasteiger partial charge in [-0.1, -0.05) is 0 Å². The molecule has 80 valence electrons. The van der Waals surface area contributed by atoms with Gasteiger partial charge < -0.3 is 0 Å². The van der Waals surface area contributed by atoms with Crippen molar-refractivity contribution in [3.8, 4) is 0 Å². The van der Waals surface area contributed by atoms with Gasteiger partial charge in [-0.05, 0) is 6.42 Å². The van der Waals surface area contributed by atoms with Crippen molar-refractivity contribution in [3.63, 3.8) is 0 Å². The second-order valence-electron chi connectivity index (χ2n) is 3.05. The number of nitrogens with two attached hydrogens (primary N) is 1. The van der Waals surface area contributed by atoms with Crippen molar-refractivity contribution >= 4 is 21.2 Å². The summed E-state index contributed by atoms with van der Waals surface area (Å²) in [6.45, 7) is 0. The van der Waals surface area contributed by atoms with Crippen LogP contribution in [0.25, 0.3) is 0 Å². The van der Waals surface area contributed by atoms with Crippen LogP contribution in [-0.4, -0.2) is 25.4 Å². The maximum Gasteiger partial charge on any atom is 0.147 e. The SMILES string of the molecule is CS(=O)(=O)CCC(NN)c1cscn1. The predicted octanol–water partition coefficient (Wildman–Crippen LogP) is 0.0822. The number of thiazole rings is 1. The molecule has 1 atom stereocenters. The van der Waals surface area contributed by atoms with Crippen molar-refractivity contribution in [3.05, 3.63) is 16.6 Å². The summed E-state index contributed by atoms with van der Waals surface area (Å²) in [5.41, 5.74) is 5.04. The van der Waals surface area contributed by atoms with Crippen molar-refractivity contribution in [2.24, 2.45) is 5.84 Å². The molecule has 1 heterocycles. The summed E-state index contributed by atoms with van der Waals surface area (Å²) < 4.78 is 21.9. The van der Waals surface area contributed by atoms with E-state index in [1.807, 2.05) is 5.38 Å². The molecule has 0 spiro atoms. The van der Waals surface area contributed by atoms with Gasteiger partial charge in [0.1, 0.15) is 9.84 Å². The Morgan fingerprint density at radius 1 is 1.71 bits per heavy atom. The van der Waals surface area contributed by atoms with Gasteiger partial charge in [0.05, 0.1) is 23.0 Å². The van der Waals surface area contributed by atoms with Gasteiger partial charge >= 0.3 is 0 Å². The first-order chi connectivity index (χ1) is 6.53. The van der Waals surface area contributed by atoms with Crippen molar-refractivity contribution < 1.29 is 8.42 Å². The fourth-order valence-electron chi connectivity index (χ4n) is 1.04. The van der Waals surface area contributed by atoms with E-state index in [9.17, 15) is 8.42 Å². The molecule has 7 heteroatoms. The first kappa shape index (κ1) is 11.6. The maximum atomic E-state index is 10.9. The first-order valence-electron chi connectivity index (χ1n) is 4.05. The average molecular weight is 235 g/mol. The van der Waals surface area contributed by atoms with Gasteiger partial charge in [-0.25, -0.2) is 13.4 Å². The maximum absolute atomic E-state index is 10.9. The molecular weight excluding hydrogens is 222 g/mol. The van der Waals surface area contributed by atoms with Crippen molar-refractivity contribution in [1.82, 2.24) is 10.4 Å². The van der Waals surface area contributed by atoms with Crippen LogP contribution in [0.2, 0.25) is 0 Å². The Bertz CT molecular complexity index is 360. The van der Waals surface area contributed by atoms with E-state index in [1.165, 1.54) is 17.6 Å². The van der Waals surface area contributed by atoms with E-state index in [0.717, 1.165) is 5.69 Å². The molecule has 0 saturated heterocycles. The standard InChI is InChI=1S/C7H13N3O2S2/c1-14(11,12)3-2-6(10-8)7-4-13-5-9-7/h4-6,10H,2-3,8H2,1H3. The fourth-order valence-corrected chi connectivity index (χ4v) is 2.31. The summed E-state index contributed by atoms with van der Waals surface area (Å²) in [5, 5.41) is 1.85. The average Bonchev–Trinajstić information content (AvgIpc) is 2.56. The van der Waals surface area contributed by atoms with Crippen LogP contribution in [0, 0.1) is 0 Å². The Labute approximate surface area is 87.2 Å². The van der Waals surface area contributed by atoms with Gasteiger partial charge in [0, 0.05) is 11.6 Å². The van der Waals surface area contributed by atoms with Gasteiger partial charge in [0.2, 0.25) is 0 Å². The van der Waals surface area contributed by atoms with Crippen molar-refractivity contribution in [2.75, 3.05) is 12.0 Å². The van der Waals surface area contributed by atoms with E-state index in [0.29, 0.717) is 6.42 Å². The summed E-state index contributed by atoms with van der Waals surface area (Å²) in [6.07, 6.45) is 1.65. The van der Waals surface area contributed by atoms with Crippen LogP contribution in [0.3, 0.4) is 0 Å². The molecule has 0 radical (unpaired) electrons. The zero-order valence-electron chi connectivity index (χ0n) is 7.80. The molecule has 5 nitrogen and oxygen atoms in total. The first-order valence-corrected chi connectivity index (χ1v) is 7.05. The molecule has 14 heavy (non-hydrogen) atoms. The fraction of sp³-hybridized carbons (Fsp3) is 0.571. The van der Waals surface area contributed by atoms with Gasteiger partial charge in [-0.3, -0.25) is 11.3 Å². The third kappa shape index (κ3) is 3.70. The molecule has 0 aliphatic heterocycles. The number of hydrazine groups is 1. The monoisotopic (exact) mass is 235 g/mol. The highest BCUT2D eigenvalue weighted by Crippen LogP contribution is 2.16. The number of nitrogens with one attached hydrogen (secondary N) is 1. The van der Waals surface area contributed by atoms with Crippen LogP contribution < -0.4 is 11.3 Å². The summed E-state index contributed by atoms with van der Waals surface area (Å²) in [7, 11) is -2.94.